The van der Waals surface area contributed by atoms with Crippen LogP contribution >= 0.6 is 11.6 Å². The Bertz CT molecular complexity index is 889. The number of alkyl halides is 1. The van der Waals surface area contributed by atoms with Crippen LogP contribution in [0.1, 0.15) is 19.3 Å². The van der Waals surface area contributed by atoms with Gasteiger partial charge in [0, 0.05) is 30.6 Å². The third-order valence-corrected chi connectivity index (χ3v) is 5.58. The minimum atomic E-state index is -0.172. The fourth-order valence-corrected chi connectivity index (χ4v) is 3.65. The Hall–Kier alpha value is -2.52. The smallest absolute Gasteiger partial charge is 0.234 e. The molecule has 0 atom stereocenters. The van der Waals surface area contributed by atoms with E-state index in [1.165, 1.54) is 0 Å². The van der Waals surface area contributed by atoms with Crippen molar-refractivity contribution in [3.63, 3.8) is 0 Å². The van der Waals surface area contributed by atoms with E-state index in [0.29, 0.717) is 36.6 Å². The lowest BCUT2D eigenvalue weighted by Gasteiger charge is -2.30. The summed E-state index contributed by atoms with van der Waals surface area (Å²) in [6, 6.07) is 4.12. The second-order valence-corrected chi connectivity index (χ2v) is 7.87. The van der Waals surface area contributed by atoms with Gasteiger partial charge in [-0.2, -0.15) is 4.98 Å². The van der Waals surface area contributed by atoms with Crippen molar-refractivity contribution >= 4 is 40.2 Å². The third kappa shape index (κ3) is 6.24. The number of hydrogen-bond acceptors (Lipinski definition) is 8. The number of piperidine rings is 1. The van der Waals surface area contributed by atoms with Gasteiger partial charge in [0.2, 0.25) is 11.9 Å². The molecule has 0 bridgehead atoms. The number of carbonyl (C=O) groups is 1. The summed E-state index contributed by atoms with van der Waals surface area (Å²) in [5.74, 6) is 2.36. The average Bonchev–Trinajstić information content (AvgIpc) is 2.79. The maximum Gasteiger partial charge on any atom is 0.234 e. The van der Waals surface area contributed by atoms with Gasteiger partial charge in [0.25, 0.3) is 0 Å². The second kappa shape index (κ2) is 11.2. The third-order valence-electron chi connectivity index (χ3n) is 5.34. The zero-order valence-electron chi connectivity index (χ0n) is 18.3. The Labute approximate surface area is 187 Å². The van der Waals surface area contributed by atoms with Crippen LogP contribution in [0.2, 0.25) is 0 Å². The number of rotatable bonds is 10. The van der Waals surface area contributed by atoms with Gasteiger partial charge in [-0.3, -0.25) is 4.79 Å². The number of hydrogen-bond donors (Lipinski definition) is 3. The van der Waals surface area contributed by atoms with Gasteiger partial charge in [-0.15, -0.1) is 11.6 Å². The lowest BCUT2D eigenvalue weighted by molar-refractivity contribution is -0.118. The second-order valence-electron chi connectivity index (χ2n) is 7.61. The largest absolute Gasteiger partial charge is 0.493 e. The summed E-state index contributed by atoms with van der Waals surface area (Å²) in [6.45, 7) is 3.26. The SMILES string of the molecule is COc1cc2nc(NCCCNC(=O)CCl)nc(NC3CCN(C)CC3)c2cc1OC. The van der Waals surface area contributed by atoms with Gasteiger partial charge in [-0.25, -0.2) is 4.98 Å². The summed E-state index contributed by atoms with van der Waals surface area (Å²) in [4.78, 5) is 23.0. The number of fused-ring (bicyclic) bond motifs is 1. The highest BCUT2D eigenvalue weighted by molar-refractivity contribution is 6.27. The fourth-order valence-electron chi connectivity index (χ4n) is 3.55. The number of nitrogens with one attached hydrogen (secondary N) is 3. The van der Waals surface area contributed by atoms with Gasteiger partial charge in [0.05, 0.1) is 19.7 Å². The molecule has 1 aliphatic rings. The topological polar surface area (TPSA) is 101 Å². The molecule has 0 saturated carbocycles. The highest BCUT2D eigenvalue weighted by Gasteiger charge is 2.20. The van der Waals surface area contributed by atoms with Crippen molar-refractivity contribution in [3.05, 3.63) is 12.1 Å². The minimum absolute atomic E-state index is 0.0293. The van der Waals surface area contributed by atoms with E-state index in [-0.39, 0.29) is 11.8 Å². The van der Waals surface area contributed by atoms with E-state index in [4.69, 9.17) is 26.1 Å². The lowest BCUT2D eigenvalue weighted by atomic mass is 10.1. The summed E-state index contributed by atoms with van der Waals surface area (Å²) in [5.41, 5.74) is 0.765. The predicted octanol–water partition coefficient (Wildman–Crippen LogP) is 2.31. The van der Waals surface area contributed by atoms with Crippen molar-refractivity contribution in [3.8, 4) is 11.5 Å². The molecule has 31 heavy (non-hydrogen) atoms. The van der Waals surface area contributed by atoms with Crippen LogP contribution < -0.4 is 25.4 Å². The van der Waals surface area contributed by atoms with Crippen molar-refractivity contribution in [1.82, 2.24) is 20.2 Å². The van der Waals surface area contributed by atoms with E-state index in [0.717, 1.165) is 49.1 Å². The van der Waals surface area contributed by atoms with E-state index in [1.54, 1.807) is 14.2 Å². The van der Waals surface area contributed by atoms with Crippen LogP contribution in [0, 0.1) is 0 Å². The number of likely N-dealkylation sites (tertiary alicyclic amines) is 1. The Morgan fingerprint density at radius 3 is 2.55 bits per heavy atom. The molecule has 1 fully saturated rings. The normalized spacial score (nSPS) is 15.0. The van der Waals surface area contributed by atoms with Crippen LogP contribution in [-0.2, 0) is 4.79 Å². The molecule has 1 aromatic heterocycles. The Balaban J connectivity index is 1.80. The molecule has 9 nitrogen and oxygen atoms in total. The van der Waals surface area contributed by atoms with E-state index < -0.39 is 0 Å². The van der Waals surface area contributed by atoms with Gasteiger partial charge in [-0.1, -0.05) is 0 Å². The maximum atomic E-state index is 11.2. The van der Waals surface area contributed by atoms with Crippen LogP contribution in [0.4, 0.5) is 11.8 Å². The van der Waals surface area contributed by atoms with Gasteiger partial charge in [0.15, 0.2) is 11.5 Å². The number of nitrogens with zero attached hydrogens (tertiary/aromatic N) is 3. The first-order chi connectivity index (χ1) is 15.0. The molecule has 3 rings (SSSR count). The van der Waals surface area contributed by atoms with Crippen molar-refractivity contribution in [2.24, 2.45) is 0 Å². The first kappa shape index (κ1) is 23.1. The number of amides is 1. The van der Waals surface area contributed by atoms with Gasteiger partial charge in [0.1, 0.15) is 11.7 Å². The first-order valence-electron chi connectivity index (χ1n) is 10.5. The number of ether oxygens (including phenoxy) is 2. The van der Waals surface area contributed by atoms with Crippen LogP contribution in [0.15, 0.2) is 12.1 Å². The van der Waals surface area contributed by atoms with Crippen LogP contribution in [-0.4, -0.2) is 80.1 Å². The molecule has 1 aliphatic heterocycles. The van der Waals surface area contributed by atoms with Crippen molar-refractivity contribution < 1.29 is 14.3 Å². The van der Waals surface area contributed by atoms with Crippen molar-refractivity contribution in [2.75, 3.05) is 64.0 Å². The molecule has 1 saturated heterocycles. The van der Waals surface area contributed by atoms with Gasteiger partial charge < -0.3 is 30.3 Å². The standard InChI is InChI=1S/C21H31ClN6O3/c1-28-9-5-14(6-10-28)25-20-15-11-17(30-2)18(31-3)12-16(15)26-21(27-20)24-8-4-7-23-19(29)13-22/h11-12,14H,4-10,13H2,1-3H3,(H,23,29)(H2,24,25,26,27). The quantitative estimate of drug-likeness (QED) is 0.374. The molecule has 2 heterocycles. The predicted molar refractivity (Wildman–Crippen MR) is 124 cm³/mol. The monoisotopic (exact) mass is 450 g/mol. The Morgan fingerprint density at radius 2 is 1.87 bits per heavy atom. The molecule has 0 unspecified atom stereocenters. The number of benzene rings is 1. The number of methoxy groups -OCH3 is 2. The molecule has 0 radical (unpaired) electrons. The molecule has 1 aromatic carbocycles. The first-order valence-corrected chi connectivity index (χ1v) is 11.0. The van der Waals surface area contributed by atoms with Crippen LogP contribution in [0.5, 0.6) is 11.5 Å². The highest BCUT2D eigenvalue weighted by Crippen LogP contribution is 2.35. The number of carbonyl (C=O) groups excluding carboxylic acids is 1. The van der Waals surface area contributed by atoms with Gasteiger partial charge >= 0.3 is 0 Å². The molecule has 0 aliphatic carbocycles. The lowest BCUT2D eigenvalue weighted by Crippen LogP contribution is -2.37. The molecular weight excluding hydrogens is 420 g/mol. The minimum Gasteiger partial charge on any atom is -0.493 e. The van der Waals surface area contributed by atoms with Crippen molar-refractivity contribution in [1.29, 1.82) is 0 Å². The molecule has 1 amide bonds. The number of halogens is 1. The molecule has 0 spiro atoms. The number of aromatic nitrogens is 2. The van der Waals surface area contributed by atoms with E-state index in [9.17, 15) is 4.79 Å². The summed E-state index contributed by atoms with van der Waals surface area (Å²) in [7, 11) is 5.37. The summed E-state index contributed by atoms with van der Waals surface area (Å²) >= 11 is 5.49. The molecular formula is C21H31ClN6O3. The van der Waals surface area contributed by atoms with E-state index >= 15 is 0 Å². The van der Waals surface area contributed by atoms with Gasteiger partial charge in [-0.05, 0) is 45.5 Å². The Kier molecular flexibility index (Phi) is 8.36. The summed E-state index contributed by atoms with van der Waals surface area (Å²) in [6.07, 6.45) is 2.84. The maximum absolute atomic E-state index is 11.2. The van der Waals surface area contributed by atoms with Crippen molar-refractivity contribution in [2.45, 2.75) is 25.3 Å². The summed E-state index contributed by atoms with van der Waals surface area (Å²) < 4.78 is 10.9. The molecule has 3 N–H and O–H groups in total. The molecule has 2 aromatic rings. The zero-order valence-corrected chi connectivity index (χ0v) is 19.1. The van der Waals surface area contributed by atoms with Crippen LogP contribution in [0.3, 0.4) is 0 Å². The summed E-state index contributed by atoms with van der Waals surface area (Å²) in [5, 5.41) is 10.5. The van der Waals surface area contributed by atoms with E-state index in [1.807, 2.05) is 12.1 Å². The van der Waals surface area contributed by atoms with Crippen LogP contribution in [0.25, 0.3) is 10.9 Å². The molecule has 10 heteroatoms. The average molecular weight is 451 g/mol. The number of anilines is 2. The fraction of sp³-hybridized carbons (Fsp3) is 0.571. The zero-order chi connectivity index (χ0) is 22.2. The Morgan fingerprint density at radius 1 is 1.16 bits per heavy atom. The van der Waals surface area contributed by atoms with E-state index in [2.05, 4.69) is 32.9 Å². The molecule has 170 valence electrons. The highest BCUT2D eigenvalue weighted by atomic mass is 35.5.